The van der Waals surface area contributed by atoms with Gasteiger partial charge in [-0.2, -0.15) is 0 Å². The SMILES string of the molecule is CC1CCc2c(sc(NC(=O)Cc3ccc4c(c3)OCO4)c2-c2nc3ccccc3s2)C1. The Morgan fingerprint density at radius 2 is 2.03 bits per heavy atom. The van der Waals surface area contributed by atoms with E-state index in [9.17, 15) is 4.79 Å². The van der Waals surface area contributed by atoms with Crippen molar-refractivity contribution in [2.75, 3.05) is 12.1 Å². The summed E-state index contributed by atoms with van der Waals surface area (Å²) in [4.78, 5) is 19.3. The molecular formula is C25H22N2O3S2. The average Bonchev–Trinajstić information content (AvgIpc) is 3.48. The van der Waals surface area contributed by atoms with Crippen LogP contribution in [0.5, 0.6) is 11.5 Å². The van der Waals surface area contributed by atoms with Crippen molar-refractivity contribution in [1.82, 2.24) is 4.98 Å². The summed E-state index contributed by atoms with van der Waals surface area (Å²) in [5, 5.41) is 5.14. The van der Waals surface area contributed by atoms with E-state index in [1.54, 1.807) is 22.7 Å². The highest BCUT2D eigenvalue weighted by atomic mass is 32.1. The van der Waals surface area contributed by atoms with Crippen molar-refractivity contribution in [1.29, 1.82) is 0 Å². The predicted octanol–water partition coefficient (Wildman–Crippen LogP) is 6.06. The van der Waals surface area contributed by atoms with Gasteiger partial charge >= 0.3 is 0 Å². The number of carbonyl (C=O) groups is 1. The summed E-state index contributed by atoms with van der Waals surface area (Å²) in [5.74, 6) is 2.07. The van der Waals surface area contributed by atoms with Crippen LogP contribution >= 0.6 is 22.7 Å². The van der Waals surface area contributed by atoms with Crippen LogP contribution in [0.2, 0.25) is 0 Å². The van der Waals surface area contributed by atoms with Crippen LogP contribution in [0.4, 0.5) is 5.00 Å². The molecule has 0 saturated heterocycles. The number of carbonyl (C=O) groups excluding carboxylic acids is 1. The first-order valence-electron chi connectivity index (χ1n) is 10.8. The Morgan fingerprint density at radius 1 is 1.16 bits per heavy atom. The summed E-state index contributed by atoms with van der Waals surface area (Å²) < 4.78 is 12.0. The van der Waals surface area contributed by atoms with Gasteiger partial charge in [-0.25, -0.2) is 4.98 Å². The molecule has 0 saturated carbocycles. The summed E-state index contributed by atoms with van der Waals surface area (Å²) in [5.41, 5.74) is 4.40. The molecule has 1 aliphatic carbocycles. The maximum absolute atomic E-state index is 13.0. The van der Waals surface area contributed by atoms with E-state index >= 15 is 0 Å². The average molecular weight is 463 g/mol. The highest BCUT2D eigenvalue weighted by Crippen LogP contribution is 2.47. The van der Waals surface area contributed by atoms with E-state index in [0.29, 0.717) is 11.7 Å². The van der Waals surface area contributed by atoms with Crippen LogP contribution in [0.25, 0.3) is 20.8 Å². The number of ether oxygens (including phenoxy) is 2. The zero-order valence-electron chi connectivity index (χ0n) is 17.6. The van der Waals surface area contributed by atoms with Gasteiger partial charge in [0, 0.05) is 10.4 Å². The van der Waals surface area contributed by atoms with Crippen molar-refractivity contribution in [3.8, 4) is 22.1 Å². The minimum absolute atomic E-state index is 0.0297. The van der Waals surface area contributed by atoms with Gasteiger partial charge in [-0.1, -0.05) is 25.1 Å². The fraction of sp³-hybridized carbons (Fsp3) is 0.280. The molecule has 0 fully saturated rings. The number of para-hydroxylation sites is 1. The summed E-state index contributed by atoms with van der Waals surface area (Å²) in [6, 6.07) is 13.9. The maximum Gasteiger partial charge on any atom is 0.231 e. The Kier molecular flexibility index (Phi) is 4.88. The number of thiazole rings is 1. The Morgan fingerprint density at radius 3 is 2.94 bits per heavy atom. The molecule has 1 atom stereocenters. The minimum Gasteiger partial charge on any atom is -0.454 e. The minimum atomic E-state index is -0.0297. The van der Waals surface area contributed by atoms with E-state index in [4.69, 9.17) is 14.5 Å². The van der Waals surface area contributed by atoms with Crippen molar-refractivity contribution in [3.63, 3.8) is 0 Å². The molecule has 5 nitrogen and oxygen atoms in total. The molecule has 7 heteroatoms. The standard InChI is InChI=1S/C25H22N2O3S2/c1-14-6-8-16-21(10-14)32-25(23(16)24-26-17-4-2-3-5-20(17)31-24)27-22(28)12-15-7-9-18-19(11-15)30-13-29-18/h2-5,7,9,11,14H,6,8,10,12-13H2,1H3,(H,27,28). The lowest BCUT2D eigenvalue weighted by atomic mass is 9.88. The number of hydrogen-bond donors (Lipinski definition) is 1. The first kappa shape index (κ1) is 19.8. The van der Waals surface area contributed by atoms with Crippen molar-refractivity contribution in [2.45, 2.75) is 32.6 Å². The third-order valence-electron chi connectivity index (χ3n) is 6.07. The van der Waals surface area contributed by atoms with E-state index < -0.39 is 0 Å². The second-order valence-corrected chi connectivity index (χ2v) is 10.6. The maximum atomic E-state index is 13.0. The molecule has 3 heterocycles. The summed E-state index contributed by atoms with van der Waals surface area (Å²) in [6.45, 7) is 2.54. The third kappa shape index (κ3) is 3.55. The van der Waals surface area contributed by atoms with Crippen molar-refractivity contribution >= 4 is 43.8 Å². The van der Waals surface area contributed by atoms with E-state index in [-0.39, 0.29) is 19.1 Å². The Hall–Kier alpha value is -2.90. The van der Waals surface area contributed by atoms with Gasteiger partial charge in [0.25, 0.3) is 0 Å². The van der Waals surface area contributed by atoms with E-state index in [2.05, 4.69) is 18.3 Å². The molecule has 0 radical (unpaired) electrons. The Bertz CT molecular complexity index is 1310. The number of aromatic nitrogens is 1. The first-order chi connectivity index (χ1) is 15.6. The smallest absolute Gasteiger partial charge is 0.231 e. The molecule has 0 bridgehead atoms. The van der Waals surface area contributed by atoms with Crippen LogP contribution in [0.15, 0.2) is 42.5 Å². The number of benzene rings is 2. The second kappa shape index (κ2) is 7.90. The van der Waals surface area contributed by atoms with Crippen LogP contribution < -0.4 is 14.8 Å². The largest absolute Gasteiger partial charge is 0.454 e. The number of thiophene rings is 1. The van der Waals surface area contributed by atoms with E-state index in [1.165, 1.54) is 21.6 Å². The molecule has 2 aromatic heterocycles. The molecule has 6 rings (SSSR count). The fourth-order valence-corrected chi connectivity index (χ4v) is 6.99. The Labute approximate surface area is 194 Å². The number of rotatable bonds is 4. The Balaban J connectivity index is 1.33. The molecule has 2 aromatic carbocycles. The first-order valence-corrected chi connectivity index (χ1v) is 12.5. The molecule has 0 spiro atoms. The van der Waals surface area contributed by atoms with Gasteiger partial charge in [0.15, 0.2) is 11.5 Å². The monoisotopic (exact) mass is 462 g/mol. The van der Waals surface area contributed by atoms with E-state index in [0.717, 1.165) is 45.2 Å². The summed E-state index contributed by atoms with van der Waals surface area (Å²) in [6.07, 6.45) is 3.56. The lowest BCUT2D eigenvalue weighted by Gasteiger charge is -2.18. The summed E-state index contributed by atoms with van der Waals surface area (Å²) in [7, 11) is 0. The normalized spacial score (nSPS) is 16.8. The quantitative estimate of drug-likeness (QED) is 0.400. The molecule has 1 N–H and O–H groups in total. The molecule has 4 aromatic rings. The van der Waals surface area contributed by atoms with Crippen molar-refractivity contribution in [2.24, 2.45) is 5.92 Å². The zero-order chi connectivity index (χ0) is 21.7. The fourth-order valence-electron chi connectivity index (χ4n) is 4.45. The molecule has 32 heavy (non-hydrogen) atoms. The lowest BCUT2D eigenvalue weighted by molar-refractivity contribution is -0.115. The highest BCUT2D eigenvalue weighted by Gasteiger charge is 2.27. The molecule has 1 unspecified atom stereocenters. The third-order valence-corrected chi connectivity index (χ3v) is 8.30. The van der Waals surface area contributed by atoms with Crippen LogP contribution in [-0.4, -0.2) is 17.7 Å². The summed E-state index contributed by atoms with van der Waals surface area (Å²) >= 11 is 3.42. The van der Waals surface area contributed by atoms with Crippen LogP contribution in [-0.2, 0) is 24.1 Å². The van der Waals surface area contributed by atoms with Crippen molar-refractivity contribution in [3.05, 3.63) is 58.5 Å². The topological polar surface area (TPSA) is 60.5 Å². The van der Waals surface area contributed by atoms with Gasteiger partial charge in [0.2, 0.25) is 12.7 Å². The van der Waals surface area contributed by atoms with Gasteiger partial charge in [-0.15, -0.1) is 22.7 Å². The van der Waals surface area contributed by atoms with Gasteiger partial charge in [-0.05, 0) is 60.6 Å². The highest BCUT2D eigenvalue weighted by molar-refractivity contribution is 7.22. The lowest BCUT2D eigenvalue weighted by Crippen LogP contribution is -2.14. The van der Waals surface area contributed by atoms with Crippen LogP contribution in [0, 0.1) is 5.92 Å². The van der Waals surface area contributed by atoms with E-state index in [1.807, 2.05) is 36.4 Å². The zero-order valence-corrected chi connectivity index (χ0v) is 19.3. The van der Waals surface area contributed by atoms with Crippen LogP contribution in [0.1, 0.15) is 29.3 Å². The van der Waals surface area contributed by atoms with Gasteiger partial charge in [0.05, 0.1) is 16.6 Å². The molecule has 2 aliphatic rings. The van der Waals surface area contributed by atoms with Gasteiger partial charge in [-0.3, -0.25) is 4.79 Å². The number of nitrogens with zero attached hydrogens (tertiary/aromatic N) is 1. The van der Waals surface area contributed by atoms with Gasteiger partial charge in [0.1, 0.15) is 10.0 Å². The number of amides is 1. The van der Waals surface area contributed by atoms with Gasteiger partial charge < -0.3 is 14.8 Å². The molecule has 1 aliphatic heterocycles. The number of hydrogen-bond acceptors (Lipinski definition) is 6. The molecule has 162 valence electrons. The second-order valence-electron chi connectivity index (χ2n) is 8.46. The molecule has 1 amide bonds. The number of nitrogens with one attached hydrogen (secondary N) is 1. The predicted molar refractivity (Wildman–Crippen MR) is 129 cm³/mol. The number of fused-ring (bicyclic) bond motifs is 3. The molecular weight excluding hydrogens is 440 g/mol. The number of anilines is 1. The van der Waals surface area contributed by atoms with Crippen LogP contribution in [0.3, 0.4) is 0 Å². The van der Waals surface area contributed by atoms with Crippen molar-refractivity contribution < 1.29 is 14.3 Å².